The molecule has 0 aliphatic carbocycles. The number of carbonyl (C=O) groups is 1. The van der Waals surface area contributed by atoms with E-state index >= 15 is 0 Å². The molecule has 4 aromatic rings. The Hall–Kier alpha value is -2.85. The maximum absolute atomic E-state index is 13.5. The Kier molecular flexibility index (Phi) is 5.07. The fraction of sp³-hybridized carbons (Fsp3) is 0.0870. The third-order valence-electron chi connectivity index (χ3n) is 4.45. The van der Waals surface area contributed by atoms with Gasteiger partial charge in [-0.3, -0.25) is 4.79 Å². The molecule has 0 spiro atoms. The highest BCUT2D eigenvalue weighted by Gasteiger charge is 2.12. The van der Waals surface area contributed by atoms with Gasteiger partial charge in [-0.1, -0.05) is 60.7 Å². The van der Waals surface area contributed by atoms with Crippen LogP contribution in [0, 0.1) is 5.82 Å². The maximum atomic E-state index is 13.5. The van der Waals surface area contributed by atoms with Crippen molar-refractivity contribution < 1.29 is 9.18 Å². The van der Waals surface area contributed by atoms with Crippen molar-refractivity contribution in [2.45, 2.75) is 11.4 Å². The number of para-hydroxylation sites is 1. The predicted molar refractivity (Wildman–Crippen MR) is 109 cm³/mol. The van der Waals surface area contributed by atoms with Crippen LogP contribution in [0.15, 0.2) is 90.0 Å². The molecule has 0 atom stereocenters. The Balaban J connectivity index is 1.59. The first-order valence-electron chi connectivity index (χ1n) is 8.74. The molecule has 0 radical (unpaired) electrons. The monoisotopic (exact) mass is 375 g/mol. The van der Waals surface area contributed by atoms with Gasteiger partial charge in [0.05, 0.1) is 5.75 Å². The van der Waals surface area contributed by atoms with Crippen molar-refractivity contribution in [2.24, 2.45) is 0 Å². The zero-order valence-corrected chi connectivity index (χ0v) is 15.5. The van der Waals surface area contributed by atoms with E-state index in [1.807, 2.05) is 48.5 Å². The van der Waals surface area contributed by atoms with Crippen LogP contribution in [0.5, 0.6) is 0 Å². The lowest BCUT2D eigenvalue weighted by Gasteiger charge is -2.05. The molecule has 0 aliphatic rings. The molecule has 27 heavy (non-hydrogen) atoms. The molecular formula is C23H18FNOS. The first kappa shape index (κ1) is 17.6. The van der Waals surface area contributed by atoms with Gasteiger partial charge in [0.1, 0.15) is 5.82 Å². The second kappa shape index (κ2) is 7.80. The third-order valence-corrected chi connectivity index (χ3v) is 5.49. The molecule has 4 rings (SSSR count). The molecule has 1 heterocycles. The molecule has 0 saturated heterocycles. The van der Waals surface area contributed by atoms with Crippen LogP contribution in [0.3, 0.4) is 0 Å². The van der Waals surface area contributed by atoms with Gasteiger partial charge < -0.3 is 4.57 Å². The van der Waals surface area contributed by atoms with E-state index in [1.165, 1.54) is 6.07 Å². The van der Waals surface area contributed by atoms with Gasteiger partial charge in [0, 0.05) is 34.1 Å². The summed E-state index contributed by atoms with van der Waals surface area (Å²) >= 11 is 1.54. The highest BCUT2D eigenvalue weighted by atomic mass is 32.2. The summed E-state index contributed by atoms with van der Waals surface area (Å²) in [5, 5.41) is 1.11. The number of benzene rings is 3. The highest BCUT2D eigenvalue weighted by Crippen LogP contribution is 2.31. The third kappa shape index (κ3) is 3.96. The minimum Gasteiger partial charge on any atom is -0.342 e. The lowest BCUT2D eigenvalue weighted by Crippen LogP contribution is -2.01. The Morgan fingerprint density at radius 3 is 2.52 bits per heavy atom. The number of rotatable bonds is 6. The van der Waals surface area contributed by atoms with Crippen LogP contribution in [0.1, 0.15) is 15.9 Å². The zero-order chi connectivity index (χ0) is 18.6. The van der Waals surface area contributed by atoms with Gasteiger partial charge >= 0.3 is 0 Å². The van der Waals surface area contributed by atoms with Crippen LogP contribution in [0.2, 0.25) is 0 Å². The quantitative estimate of drug-likeness (QED) is 0.314. The number of hydrogen-bond acceptors (Lipinski definition) is 2. The number of ketones is 1. The molecule has 0 N–H and O–H groups in total. The summed E-state index contributed by atoms with van der Waals surface area (Å²) in [7, 11) is 0. The van der Waals surface area contributed by atoms with Crippen LogP contribution in [-0.4, -0.2) is 16.1 Å². The minimum absolute atomic E-state index is 0.113. The number of halogens is 1. The van der Waals surface area contributed by atoms with Crippen molar-refractivity contribution in [1.29, 1.82) is 0 Å². The van der Waals surface area contributed by atoms with E-state index in [4.69, 9.17) is 0 Å². The molecule has 0 fully saturated rings. The van der Waals surface area contributed by atoms with Gasteiger partial charge in [0.25, 0.3) is 0 Å². The molecule has 4 heteroatoms. The first-order valence-corrected chi connectivity index (χ1v) is 9.72. The summed E-state index contributed by atoms with van der Waals surface area (Å²) in [4.78, 5) is 13.5. The van der Waals surface area contributed by atoms with E-state index in [-0.39, 0.29) is 11.6 Å². The Morgan fingerprint density at radius 1 is 0.926 bits per heavy atom. The van der Waals surface area contributed by atoms with E-state index in [9.17, 15) is 9.18 Å². The lowest BCUT2D eigenvalue weighted by atomic mass is 10.2. The van der Waals surface area contributed by atoms with Crippen molar-refractivity contribution >= 4 is 28.4 Å². The summed E-state index contributed by atoms with van der Waals surface area (Å²) < 4.78 is 15.6. The van der Waals surface area contributed by atoms with Gasteiger partial charge in [-0.05, 0) is 23.8 Å². The topological polar surface area (TPSA) is 22.0 Å². The molecule has 0 unspecified atom stereocenters. The van der Waals surface area contributed by atoms with Gasteiger partial charge in [0.15, 0.2) is 5.78 Å². The predicted octanol–water partition coefficient (Wildman–Crippen LogP) is 5.80. The molecule has 3 aromatic carbocycles. The smallest absolute Gasteiger partial charge is 0.173 e. The molecule has 0 amide bonds. The zero-order valence-electron chi connectivity index (χ0n) is 14.6. The summed E-state index contributed by atoms with van der Waals surface area (Å²) in [5.74, 6) is 0.271. The fourth-order valence-corrected chi connectivity index (χ4v) is 4.12. The molecule has 0 aliphatic heterocycles. The van der Waals surface area contributed by atoms with Crippen LogP contribution < -0.4 is 0 Å². The number of fused-ring (bicyclic) bond motifs is 1. The number of aromatic nitrogens is 1. The van der Waals surface area contributed by atoms with Crippen LogP contribution in [0.25, 0.3) is 10.9 Å². The fourth-order valence-electron chi connectivity index (χ4n) is 3.14. The van der Waals surface area contributed by atoms with E-state index in [1.54, 1.807) is 23.9 Å². The SMILES string of the molecule is O=C(CSc1cn(Cc2cccc(F)c2)c2ccccc12)c1ccccc1. The number of nitrogens with zero attached hydrogens (tertiary/aromatic N) is 1. The van der Waals surface area contributed by atoms with Gasteiger partial charge in [-0.25, -0.2) is 4.39 Å². The highest BCUT2D eigenvalue weighted by molar-refractivity contribution is 8.00. The van der Waals surface area contributed by atoms with Crippen molar-refractivity contribution in [2.75, 3.05) is 5.75 Å². The number of Topliss-reactive ketones (excluding diaryl/α,β-unsaturated/α-hetero) is 1. The van der Waals surface area contributed by atoms with E-state index in [0.29, 0.717) is 12.3 Å². The van der Waals surface area contributed by atoms with Gasteiger partial charge in [-0.2, -0.15) is 0 Å². The number of thioether (sulfide) groups is 1. The van der Waals surface area contributed by atoms with Crippen molar-refractivity contribution in [3.63, 3.8) is 0 Å². The van der Waals surface area contributed by atoms with Crippen molar-refractivity contribution in [1.82, 2.24) is 4.57 Å². The summed E-state index contributed by atoms with van der Waals surface area (Å²) in [6, 6.07) is 24.1. The second-order valence-electron chi connectivity index (χ2n) is 6.35. The normalized spacial score (nSPS) is 11.0. The van der Waals surface area contributed by atoms with Crippen LogP contribution in [-0.2, 0) is 6.54 Å². The Bertz CT molecular complexity index is 1090. The molecule has 2 nitrogen and oxygen atoms in total. The second-order valence-corrected chi connectivity index (χ2v) is 7.36. The Morgan fingerprint density at radius 2 is 1.70 bits per heavy atom. The minimum atomic E-state index is -0.230. The van der Waals surface area contributed by atoms with E-state index in [2.05, 4.69) is 22.9 Å². The number of hydrogen-bond donors (Lipinski definition) is 0. The van der Waals surface area contributed by atoms with Crippen LogP contribution >= 0.6 is 11.8 Å². The lowest BCUT2D eigenvalue weighted by molar-refractivity contribution is 0.102. The molecule has 134 valence electrons. The van der Waals surface area contributed by atoms with E-state index in [0.717, 1.165) is 26.9 Å². The average Bonchev–Trinajstić information content (AvgIpc) is 3.04. The maximum Gasteiger partial charge on any atom is 0.173 e. The molecule has 0 saturated carbocycles. The summed E-state index contributed by atoms with van der Waals surface area (Å²) in [5.41, 5.74) is 2.72. The largest absolute Gasteiger partial charge is 0.342 e. The van der Waals surface area contributed by atoms with Crippen molar-refractivity contribution in [3.8, 4) is 0 Å². The molecular weight excluding hydrogens is 357 g/mol. The first-order chi connectivity index (χ1) is 13.2. The standard InChI is InChI=1S/C23H18FNOS/c24-19-10-6-7-17(13-19)14-25-15-23(20-11-4-5-12-21(20)25)27-16-22(26)18-8-2-1-3-9-18/h1-13,15H,14,16H2. The summed E-state index contributed by atoms with van der Waals surface area (Å²) in [6.45, 7) is 0.589. The molecule has 0 bridgehead atoms. The van der Waals surface area contributed by atoms with E-state index < -0.39 is 0 Å². The molecule has 1 aromatic heterocycles. The Labute approximate surface area is 161 Å². The number of carbonyl (C=O) groups excluding carboxylic acids is 1. The van der Waals surface area contributed by atoms with Gasteiger partial charge in [-0.15, -0.1) is 11.8 Å². The average molecular weight is 375 g/mol. The summed E-state index contributed by atoms with van der Waals surface area (Å²) in [6.07, 6.45) is 2.05. The van der Waals surface area contributed by atoms with Crippen molar-refractivity contribution in [3.05, 3.63) is 102 Å². The van der Waals surface area contributed by atoms with Gasteiger partial charge in [0.2, 0.25) is 0 Å². The van der Waals surface area contributed by atoms with Crippen LogP contribution in [0.4, 0.5) is 4.39 Å².